The van der Waals surface area contributed by atoms with Crippen LogP contribution in [0.15, 0.2) is 17.1 Å². The Morgan fingerprint density at radius 1 is 1.40 bits per heavy atom. The van der Waals surface area contributed by atoms with Gasteiger partial charge in [0.1, 0.15) is 17.0 Å². The third-order valence-corrected chi connectivity index (χ3v) is 3.78. The number of methoxy groups -OCH3 is 1. The Morgan fingerprint density at radius 3 is 2.55 bits per heavy atom. The number of alkyl halides is 2. The zero-order valence-electron chi connectivity index (χ0n) is 11.0. The summed E-state index contributed by atoms with van der Waals surface area (Å²) in [6, 6.07) is 2.56. The maximum absolute atomic E-state index is 13.0. The topological polar surface area (TPSA) is 58.9 Å². The lowest BCUT2D eigenvalue weighted by Crippen LogP contribution is -2.19. The van der Waals surface area contributed by atoms with Crippen molar-refractivity contribution in [2.45, 2.75) is 37.6 Å². The van der Waals surface area contributed by atoms with Crippen molar-refractivity contribution in [3.05, 3.63) is 23.3 Å². The molecule has 0 aliphatic heterocycles. The lowest BCUT2D eigenvalue weighted by Gasteiger charge is -2.25. The van der Waals surface area contributed by atoms with E-state index in [1.807, 2.05) is 0 Å². The summed E-state index contributed by atoms with van der Waals surface area (Å²) in [5, 5.41) is 10.1. The summed E-state index contributed by atoms with van der Waals surface area (Å²) in [4.78, 5) is 14.5. The molecule has 1 aromatic rings. The molecule has 6 heteroatoms. The van der Waals surface area contributed by atoms with Crippen molar-refractivity contribution < 1.29 is 23.4 Å². The molecule has 0 heterocycles. The molecule has 20 heavy (non-hydrogen) atoms. The Morgan fingerprint density at radius 2 is 2.05 bits per heavy atom. The quantitative estimate of drug-likeness (QED) is 0.680. The SMILES string of the molecule is COc1cc(C(F)F)c(O)c(C2(N=C=O)CCCC2)c1. The minimum absolute atomic E-state index is 0.209. The Kier molecular flexibility index (Phi) is 4.04. The van der Waals surface area contributed by atoms with Crippen molar-refractivity contribution >= 4 is 6.08 Å². The summed E-state index contributed by atoms with van der Waals surface area (Å²) in [6.07, 6.45) is 1.33. The lowest BCUT2D eigenvalue weighted by atomic mass is 9.86. The number of rotatable bonds is 4. The minimum atomic E-state index is -2.83. The highest BCUT2D eigenvalue weighted by Gasteiger charge is 2.39. The first-order chi connectivity index (χ1) is 9.54. The molecular formula is C14H15F2NO3. The molecule has 0 atom stereocenters. The van der Waals surface area contributed by atoms with Gasteiger partial charge in [-0.25, -0.2) is 13.6 Å². The standard InChI is InChI=1S/C14H15F2NO3/c1-20-9-6-10(13(15)16)12(19)11(7-9)14(17-8-18)4-2-3-5-14/h6-7,13,19H,2-5H2,1H3. The van der Waals surface area contributed by atoms with Gasteiger partial charge in [-0.15, -0.1) is 0 Å². The summed E-state index contributed by atoms with van der Waals surface area (Å²) in [5.41, 5.74) is -1.26. The molecule has 1 N–H and O–H groups in total. The fourth-order valence-corrected chi connectivity index (χ4v) is 2.76. The summed E-state index contributed by atoms with van der Waals surface area (Å²) in [6.45, 7) is 0. The zero-order chi connectivity index (χ0) is 14.8. The molecule has 4 nitrogen and oxygen atoms in total. The van der Waals surface area contributed by atoms with Crippen molar-refractivity contribution in [3.8, 4) is 11.5 Å². The first kappa shape index (κ1) is 14.5. The van der Waals surface area contributed by atoms with Gasteiger partial charge in [-0.05, 0) is 25.0 Å². The average Bonchev–Trinajstić information content (AvgIpc) is 2.88. The number of benzene rings is 1. The van der Waals surface area contributed by atoms with Crippen LogP contribution in [0.1, 0.15) is 43.2 Å². The van der Waals surface area contributed by atoms with Crippen molar-refractivity contribution in [2.24, 2.45) is 4.99 Å². The largest absolute Gasteiger partial charge is 0.507 e. The number of phenols is 1. The van der Waals surface area contributed by atoms with Gasteiger partial charge in [-0.2, -0.15) is 4.99 Å². The minimum Gasteiger partial charge on any atom is -0.507 e. The van der Waals surface area contributed by atoms with E-state index in [-0.39, 0.29) is 11.3 Å². The molecule has 1 aliphatic rings. The Balaban J connectivity index is 2.65. The lowest BCUT2D eigenvalue weighted by molar-refractivity contribution is 0.146. The van der Waals surface area contributed by atoms with E-state index in [4.69, 9.17) is 4.74 Å². The number of isocyanates is 1. The molecule has 0 unspecified atom stereocenters. The predicted molar refractivity (Wildman–Crippen MR) is 67.9 cm³/mol. The fourth-order valence-electron chi connectivity index (χ4n) is 2.76. The number of nitrogens with zero attached hydrogens (tertiary/aromatic N) is 1. The zero-order valence-corrected chi connectivity index (χ0v) is 11.0. The molecular weight excluding hydrogens is 268 g/mol. The van der Waals surface area contributed by atoms with Gasteiger partial charge in [-0.3, -0.25) is 0 Å². The van der Waals surface area contributed by atoms with E-state index in [9.17, 15) is 18.7 Å². The highest BCUT2D eigenvalue weighted by molar-refractivity contribution is 5.52. The van der Waals surface area contributed by atoms with Gasteiger partial charge in [0.2, 0.25) is 6.08 Å². The smallest absolute Gasteiger partial charge is 0.267 e. The molecule has 0 bridgehead atoms. The monoisotopic (exact) mass is 283 g/mol. The molecule has 0 spiro atoms. The Bertz CT molecular complexity index is 548. The van der Waals surface area contributed by atoms with Crippen LogP contribution < -0.4 is 4.74 Å². The van der Waals surface area contributed by atoms with Gasteiger partial charge in [0.15, 0.2) is 0 Å². The second-order valence-electron chi connectivity index (χ2n) is 4.86. The van der Waals surface area contributed by atoms with Gasteiger partial charge < -0.3 is 9.84 Å². The van der Waals surface area contributed by atoms with Crippen LogP contribution in [-0.4, -0.2) is 18.3 Å². The maximum Gasteiger partial charge on any atom is 0.267 e. The molecule has 1 saturated carbocycles. The normalized spacial score (nSPS) is 17.0. The number of aromatic hydroxyl groups is 1. The van der Waals surface area contributed by atoms with Gasteiger partial charge in [0.25, 0.3) is 6.43 Å². The number of hydrogen-bond acceptors (Lipinski definition) is 4. The van der Waals surface area contributed by atoms with Crippen LogP contribution in [-0.2, 0) is 10.3 Å². The third kappa shape index (κ3) is 2.39. The predicted octanol–water partition coefficient (Wildman–Crippen LogP) is 3.44. The number of halogens is 2. The number of aliphatic imine (C=N–C) groups is 1. The van der Waals surface area contributed by atoms with E-state index in [1.165, 1.54) is 19.3 Å². The third-order valence-electron chi connectivity index (χ3n) is 3.78. The van der Waals surface area contributed by atoms with Crippen LogP contribution in [0, 0.1) is 0 Å². The van der Waals surface area contributed by atoms with E-state index in [2.05, 4.69) is 4.99 Å². The Hall–Kier alpha value is -1.94. The fraction of sp³-hybridized carbons (Fsp3) is 0.500. The molecule has 1 aliphatic carbocycles. The molecule has 0 aromatic heterocycles. The number of carbonyl (C=O) groups excluding carboxylic acids is 1. The summed E-state index contributed by atoms with van der Waals surface area (Å²) in [5.74, 6) is -0.304. The number of ether oxygens (including phenoxy) is 1. The van der Waals surface area contributed by atoms with Crippen molar-refractivity contribution in [1.82, 2.24) is 0 Å². The summed E-state index contributed by atoms with van der Waals surface area (Å²) < 4.78 is 31.0. The molecule has 2 rings (SSSR count). The number of phenolic OH excluding ortho intramolecular Hbond substituents is 1. The second kappa shape index (κ2) is 5.59. The van der Waals surface area contributed by atoms with Crippen LogP contribution in [0.4, 0.5) is 8.78 Å². The van der Waals surface area contributed by atoms with Crippen LogP contribution in [0.5, 0.6) is 11.5 Å². The molecule has 108 valence electrons. The maximum atomic E-state index is 13.0. The van der Waals surface area contributed by atoms with Gasteiger partial charge in [-0.1, -0.05) is 12.8 Å². The highest BCUT2D eigenvalue weighted by Crippen LogP contribution is 2.48. The molecule has 1 fully saturated rings. The van der Waals surface area contributed by atoms with E-state index in [0.29, 0.717) is 12.8 Å². The van der Waals surface area contributed by atoms with Crippen LogP contribution in [0.25, 0.3) is 0 Å². The summed E-state index contributed by atoms with van der Waals surface area (Å²) >= 11 is 0. The van der Waals surface area contributed by atoms with E-state index >= 15 is 0 Å². The van der Waals surface area contributed by atoms with Crippen molar-refractivity contribution in [1.29, 1.82) is 0 Å². The van der Waals surface area contributed by atoms with E-state index < -0.39 is 23.3 Å². The average molecular weight is 283 g/mol. The summed E-state index contributed by atoms with van der Waals surface area (Å²) in [7, 11) is 1.36. The van der Waals surface area contributed by atoms with Gasteiger partial charge >= 0.3 is 0 Å². The van der Waals surface area contributed by atoms with Gasteiger partial charge in [0, 0.05) is 5.56 Å². The molecule has 0 radical (unpaired) electrons. The van der Waals surface area contributed by atoms with E-state index in [0.717, 1.165) is 18.9 Å². The first-order valence-electron chi connectivity index (χ1n) is 6.32. The molecule has 0 saturated heterocycles. The Labute approximate surface area is 115 Å². The van der Waals surface area contributed by atoms with Crippen molar-refractivity contribution in [2.75, 3.05) is 7.11 Å². The van der Waals surface area contributed by atoms with Crippen LogP contribution in [0.3, 0.4) is 0 Å². The van der Waals surface area contributed by atoms with Crippen molar-refractivity contribution in [3.63, 3.8) is 0 Å². The highest BCUT2D eigenvalue weighted by atomic mass is 19.3. The molecule has 0 amide bonds. The van der Waals surface area contributed by atoms with Crippen LogP contribution in [0.2, 0.25) is 0 Å². The second-order valence-corrected chi connectivity index (χ2v) is 4.86. The van der Waals surface area contributed by atoms with Gasteiger partial charge in [0.05, 0.1) is 12.7 Å². The molecule has 1 aromatic carbocycles. The first-order valence-corrected chi connectivity index (χ1v) is 6.32. The number of hydrogen-bond donors (Lipinski definition) is 1. The van der Waals surface area contributed by atoms with E-state index in [1.54, 1.807) is 0 Å². The van der Waals surface area contributed by atoms with Crippen LogP contribution >= 0.6 is 0 Å².